The van der Waals surface area contributed by atoms with Gasteiger partial charge >= 0.3 is 0 Å². The zero-order valence-electron chi connectivity index (χ0n) is 18.0. The van der Waals surface area contributed by atoms with Crippen LogP contribution >= 0.6 is 0 Å². The SMILES string of the molecule is CC1CC(=O)N(c2cccc(C(=O)N3CCCCC3CN3CCCCCC3)c2)C1=O. The van der Waals surface area contributed by atoms with Gasteiger partial charge in [0.25, 0.3) is 5.91 Å². The summed E-state index contributed by atoms with van der Waals surface area (Å²) < 4.78 is 0. The Morgan fingerprint density at radius 2 is 1.73 bits per heavy atom. The van der Waals surface area contributed by atoms with E-state index >= 15 is 0 Å². The molecule has 0 spiro atoms. The van der Waals surface area contributed by atoms with Crippen molar-refractivity contribution in [2.45, 2.75) is 64.3 Å². The lowest BCUT2D eigenvalue weighted by Gasteiger charge is -2.38. The molecular weight excluding hydrogens is 378 g/mol. The predicted octanol–water partition coefficient (Wildman–Crippen LogP) is 3.46. The Morgan fingerprint density at radius 1 is 1.00 bits per heavy atom. The highest BCUT2D eigenvalue weighted by Gasteiger charge is 2.37. The molecule has 4 rings (SSSR count). The zero-order valence-corrected chi connectivity index (χ0v) is 18.0. The summed E-state index contributed by atoms with van der Waals surface area (Å²) >= 11 is 0. The third-order valence-electron chi connectivity index (χ3n) is 6.78. The number of nitrogens with zero attached hydrogens (tertiary/aromatic N) is 3. The van der Waals surface area contributed by atoms with Gasteiger partial charge in [-0.15, -0.1) is 0 Å². The number of rotatable bonds is 4. The van der Waals surface area contributed by atoms with Gasteiger partial charge in [0.05, 0.1) is 5.69 Å². The highest BCUT2D eigenvalue weighted by atomic mass is 16.2. The van der Waals surface area contributed by atoms with Gasteiger partial charge in [-0.25, -0.2) is 0 Å². The van der Waals surface area contributed by atoms with Crippen LogP contribution in [0.2, 0.25) is 0 Å². The Kier molecular flexibility index (Phi) is 6.52. The standard InChI is InChI=1S/C24H33N3O3/c1-18-15-22(28)27(23(18)29)20-11-8-9-19(16-20)24(30)26-14-7-4-10-21(26)17-25-12-5-2-3-6-13-25/h8-9,11,16,18,21H,2-7,10,12-15,17H2,1H3. The maximum Gasteiger partial charge on any atom is 0.254 e. The fraction of sp³-hybridized carbons (Fsp3) is 0.625. The van der Waals surface area contributed by atoms with Crippen LogP contribution < -0.4 is 4.90 Å². The molecule has 162 valence electrons. The second-order valence-corrected chi connectivity index (χ2v) is 9.09. The Bertz CT molecular complexity index is 801. The van der Waals surface area contributed by atoms with Crippen LogP contribution in [0.5, 0.6) is 0 Å². The number of anilines is 1. The van der Waals surface area contributed by atoms with Crippen LogP contribution in [0.15, 0.2) is 24.3 Å². The highest BCUT2D eigenvalue weighted by molar-refractivity contribution is 6.21. The number of hydrogen-bond acceptors (Lipinski definition) is 4. The monoisotopic (exact) mass is 411 g/mol. The van der Waals surface area contributed by atoms with E-state index in [0.717, 1.165) is 45.4 Å². The normalized spacial score (nSPS) is 26.2. The molecule has 0 aromatic heterocycles. The number of amides is 3. The second-order valence-electron chi connectivity index (χ2n) is 9.09. The number of hydrogen-bond donors (Lipinski definition) is 0. The minimum atomic E-state index is -0.294. The largest absolute Gasteiger partial charge is 0.334 e. The van der Waals surface area contributed by atoms with Gasteiger partial charge in [-0.05, 0) is 63.4 Å². The summed E-state index contributed by atoms with van der Waals surface area (Å²) in [4.78, 5) is 43.9. The number of piperidine rings is 1. The van der Waals surface area contributed by atoms with Crippen LogP contribution in [-0.4, -0.2) is 59.7 Å². The molecule has 6 nitrogen and oxygen atoms in total. The maximum atomic E-state index is 13.4. The molecule has 6 heteroatoms. The van der Waals surface area contributed by atoms with Crippen molar-refractivity contribution in [3.8, 4) is 0 Å². The zero-order chi connectivity index (χ0) is 21.1. The van der Waals surface area contributed by atoms with E-state index < -0.39 is 0 Å². The van der Waals surface area contributed by atoms with Gasteiger partial charge in [-0.1, -0.05) is 25.8 Å². The summed E-state index contributed by atoms with van der Waals surface area (Å²) in [5, 5.41) is 0. The molecule has 0 radical (unpaired) electrons. The predicted molar refractivity (Wildman–Crippen MR) is 116 cm³/mol. The van der Waals surface area contributed by atoms with Crippen molar-refractivity contribution in [1.29, 1.82) is 0 Å². The molecule has 0 aliphatic carbocycles. The van der Waals surface area contributed by atoms with E-state index in [2.05, 4.69) is 4.90 Å². The molecule has 30 heavy (non-hydrogen) atoms. The highest BCUT2D eigenvalue weighted by Crippen LogP contribution is 2.28. The number of benzene rings is 1. The number of carbonyl (C=O) groups is 3. The molecule has 3 fully saturated rings. The van der Waals surface area contributed by atoms with E-state index in [0.29, 0.717) is 11.3 Å². The summed E-state index contributed by atoms with van der Waals surface area (Å²) in [6.45, 7) is 5.76. The molecule has 1 aromatic rings. The van der Waals surface area contributed by atoms with Gasteiger partial charge in [-0.3, -0.25) is 19.3 Å². The summed E-state index contributed by atoms with van der Waals surface area (Å²) in [5.74, 6) is -0.642. The van der Waals surface area contributed by atoms with Crippen LogP contribution in [0, 0.1) is 5.92 Å². The second kappa shape index (κ2) is 9.29. The lowest BCUT2D eigenvalue weighted by molar-refractivity contribution is -0.122. The summed E-state index contributed by atoms with van der Waals surface area (Å²) in [5.41, 5.74) is 1.08. The molecule has 3 aliphatic heterocycles. The smallest absolute Gasteiger partial charge is 0.254 e. The van der Waals surface area contributed by atoms with E-state index in [1.807, 2.05) is 4.90 Å². The minimum Gasteiger partial charge on any atom is -0.334 e. The summed E-state index contributed by atoms with van der Waals surface area (Å²) in [6, 6.07) is 7.28. The Balaban J connectivity index is 1.51. The Morgan fingerprint density at radius 3 is 2.43 bits per heavy atom. The molecular formula is C24H33N3O3. The van der Waals surface area contributed by atoms with Crippen molar-refractivity contribution in [2.24, 2.45) is 5.92 Å². The third kappa shape index (κ3) is 4.43. The topological polar surface area (TPSA) is 60.9 Å². The first-order valence-electron chi connectivity index (χ1n) is 11.5. The first-order valence-corrected chi connectivity index (χ1v) is 11.5. The van der Waals surface area contributed by atoms with Crippen LogP contribution in [0.3, 0.4) is 0 Å². The molecule has 0 N–H and O–H groups in total. The minimum absolute atomic E-state index is 0.0171. The van der Waals surface area contributed by atoms with E-state index in [1.165, 1.54) is 30.6 Å². The molecule has 2 unspecified atom stereocenters. The maximum absolute atomic E-state index is 13.4. The fourth-order valence-electron chi connectivity index (χ4n) is 5.07. The molecule has 2 atom stereocenters. The summed E-state index contributed by atoms with van der Waals surface area (Å²) in [7, 11) is 0. The van der Waals surface area contributed by atoms with Gasteiger partial charge in [0.2, 0.25) is 11.8 Å². The number of imide groups is 1. The molecule has 3 saturated heterocycles. The first kappa shape index (κ1) is 21.0. The Labute approximate surface area is 179 Å². The molecule has 0 saturated carbocycles. The lowest BCUT2D eigenvalue weighted by Crippen LogP contribution is -2.49. The van der Waals surface area contributed by atoms with Gasteiger partial charge in [0, 0.05) is 37.0 Å². The van der Waals surface area contributed by atoms with Gasteiger partial charge in [-0.2, -0.15) is 0 Å². The van der Waals surface area contributed by atoms with Gasteiger partial charge < -0.3 is 9.80 Å². The van der Waals surface area contributed by atoms with E-state index in [4.69, 9.17) is 0 Å². The molecule has 0 bridgehead atoms. The molecule has 1 aromatic carbocycles. The number of likely N-dealkylation sites (tertiary alicyclic amines) is 2. The average molecular weight is 412 g/mol. The molecule has 3 amide bonds. The summed E-state index contributed by atoms with van der Waals surface area (Å²) in [6.07, 6.45) is 8.59. The van der Waals surface area contributed by atoms with Crippen molar-refractivity contribution < 1.29 is 14.4 Å². The van der Waals surface area contributed by atoms with Crippen LogP contribution in [0.1, 0.15) is 68.6 Å². The van der Waals surface area contributed by atoms with Crippen LogP contribution in [-0.2, 0) is 9.59 Å². The van der Waals surface area contributed by atoms with Crippen molar-refractivity contribution >= 4 is 23.4 Å². The van der Waals surface area contributed by atoms with Gasteiger partial charge in [0.1, 0.15) is 0 Å². The molecule has 3 heterocycles. The van der Waals surface area contributed by atoms with Crippen molar-refractivity contribution in [1.82, 2.24) is 9.80 Å². The van der Waals surface area contributed by atoms with E-state index in [9.17, 15) is 14.4 Å². The van der Waals surface area contributed by atoms with Crippen molar-refractivity contribution in [3.05, 3.63) is 29.8 Å². The number of carbonyl (C=O) groups excluding carboxylic acids is 3. The van der Waals surface area contributed by atoms with Crippen LogP contribution in [0.4, 0.5) is 5.69 Å². The van der Waals surface area contributed by atoms with Gasteiger partial charge in [0.15, 0.2) is 0 Å². The Hall–Kier alpha value is -2.21. The van der Waals surface area contributed by atoms with Crippen LogP contribution in [0.25, 0.3) is 0 Å². The first-order chi connectivity index (χ1) is 14.5. The molecule has 3 aliphatic rings. The lowest BCUT2D eigenvalue weighted by atomic mass is 9.99. The van der Waals surface area contributed by atoms with E-state index in [-0.39, 0.29) is 36.1 Å². The third-order valence-corrected chi connectivity index (χ3v) is 6.78. The van der Waals surface area contributed by atoms with Crippen molar-refractivity contribution in [2.75, 3.05) is 31.1 Å². The quantitative estimate of drug-likeness (QED) is 0.712. The van der Waals surface area contributed by atoms with E-state index in [1.54, 1.807) is 31.2 Å². The fourth-order valence-corrected chi connectivity index (χ4v) is 5.07. The average Bonchev–Trinajstić information content (AvgIpc) is 2.92. The van der Waals surface area contributed by atoms with Crippen molar-refractivity contribution in [3.63, 3.8) is 0 Å².